The first-order valence-electron chi connectivity index (χ1n) is 17.5. The third kappa shape index (κ3) is 6.69. The van der Waals surface area contributed by atoms with E-state index in [9.17, 15) is 22.8 Å². The maximum atomic E-state index is 14.2. The highest BCUT2D eigenvalue weighted by Gasteiger charge is 2.62. The van der Waals surface area contributed by atoms with Crippen LogP contribution >= 0.6 is 11.3 Å². The first kappa shape index (κ1) is 33.7. The van der Waals surface area contributed by atoms with Gasteiger partial charge in [-0.2, -0.15) is 0 Å². The molecule has 0 spiro atoms. The van der Waals surface area contributed by atoms with Gasteiger partial charge in [-0.25, -0.2) is 23.4 Å². The number of amides is 3. The van der Waals surface area contributed by atoms with Crippen molar-refractivity contribution in [3.63, 3.8) is 0 Å². The minimum Gasteiger partial charge on any atom is -0.471 e. The van der Waals surface area contributed by atoms with Crippen LogP contribution in [0.2, 0.25) is 0 Å². The van der Waals surface area contributed by atoms with E-state index in [0.29, 0.717) is 41.0 Å². The number of fused-ring (bicyclic) bond motifs is 4. The number of aromatic nitrogens is 3. The molecule has 1 saturated heterocycles. The summed E-state index contributed by atoms with van der Waals surface area (Å²) in [4.78, 5) is 57.7. The first-order valence-corrected chi connectivity index (χ1v) is 19.9. The average Bonchev–Trinajstić information content (AvgIpc) is 4.01. The van der Waals surface area contributed by atoms with Gasteiger partial charge in [0.2, 0.25) is 27.7 Å². The van der Waals surface area contributed by atoms with Gasteiger partial charge >= 0.3 is 0 Å². The van der Waals surface area contributed by atoms with Gasteiger partial charge in [0.1, 0.15) is 22.7 Å². The molecule has 2 aromatic heterocycles. The van der Waals surface area contributed by atoms with Gasteiger partial charge in [-0.3, -0.25) is 19.1 Å². The van der Waals surface area contributed by atoms with E-state index in [1.807, 2.05) is 60.7 Å². The minimum atomic E-state index is -3.85. The van der Waals surface area contributed by atoms with Gasteiger partial charge in [0.05, 0.1) is 39.1 Å². The molecule has 3 fully saturated rings. The molecule has 3 amide bonds. The molecule has 266 valence electrons. The molecule has 4 aromatic rings. The van der Waals surface area contributed by atoms with Crippen LogP contribution in [0, 0.1) is 5.92 Å². The third-order valence-corrected chi connectivity index (χ3v) is 13.1. The number of hydrogen-bond acceptors (Lipinski definition) is 11. The number of thiazole rings is 1. The van der Waals surface area contributed by atoms with Crippen molar-refractivity contribution in [3.8, 4) is 16.6 Å². The fourth-order valence-electron chi connectivity index (χ4n) is 7.08. The van der Waals surface area contributed by atoms with Crippen molar-refractivity contribution in [1.29, 1.82) is 0 Å². The predicted molar refractivity (Wildman–Crippen MR) is 192 cm³/mol. The van der Waals surface area contributed by atoms with E-state index in [2.05, 4.69) is 10.0 Å². The summed E-state index contributed by atoms with van der Waals surface area (Å²) < 4.78 is 35.3. The number of nitrogens with zero attached hydrogens (tertiary/aromatic N) is 4. The van der Waals surface area contributed by atoms with Crippen molar-refractivity contribution in [1.82, 2.24) is 29.9 Å². The van der Waals surface area contributed by atoms with Crippen molar-refractivity contribution in [2.24, 2.45) is 11.7 Å². The molecule has 0 radical (unpaired) electrons. The minimum absolute atomic E-state index is 0.0526. The second-order valence-corrected chi connectivity index (χ2v) is 16.9. The molecule has 15 heteroatoms. The van der Waals surface area contributed by atoms with Crippen LogP contribution < -0.4 is 20.5 Å². The van der Waals surface area contributed by atoms with Gasteiger partial charge in [-0.15, -0.1) is 11.3 Å². The normalized spacial score (nSPS) is 27.9. The van der Waals surface area contributed by atoms with Crippen LogP contribution in [0.1, 0.15) is 57.8 Å². The summed E-state index contributed by atoms with van der Waals surface area (Å²) in [6.45, 7) is 0.0526. The number of allylic oxidation sites excluding steroid dienone is 1. The number of ether oxygens (including phenoxy) is 1. The van der Waals surface area contributed by atoms with Crippen LogP contribution in [0.4, 0.5) is 0 Å². The van der Waals surface area contributed by atoms with E-state index < -0.39 is 50.8 Å². The van der Waals surface area contributed by atoms with Gasteiger partial charge in [0, 0.05) is 12.3 Å². The lowest BCUT2D eigenvalue weighted by Gasteiger charge is -2.28. The fourth-order valence-corrected chi connectivity index (χ4v) is 9.39. The molecule has 13 nitrogen and oxygen atoms in total. The Labute approximate surface area is 299 Å². The maximum absolute atomic E-state index is 14.2. The third-order valence-electron chi connectivity index (χ3n) is 10.2. The largest absolute Gasteiger partial charge is 0.471 e. The molecule has 2 aliphatic heterocycles. The Kier molecular flexibility index (Phi) is 8.75. The Morgan fingerprint density at radius 2 is 1.73 bits per heavy atom. The highest BCUT2D eigenvalue weighted by atomic mass is 32.2. The lowest BCUT2D eigenvalue weighted by Crippen LogP contribution is -2.57. The number of sulfonamides is 1. The SMILES string of the molecule is N[C@H]1CCCCC/C=C\[C@H]2C[C@@]2(C(=O)NS(=O)(=O)C2CC2)NC(=O)[C@@H]2C[C@@H](Oc3nc4ccccc4nc3-c3nc4ccccc4s3)CN2C1=O. The van der Waals surface area contributed by atoms with Crippen LogP contribution in [-0.4, -0.2) is 81.5 Å². The summed E-state index contributed by atoms with van der Waals surface area (Å²) in [6, 6.07) is 13.4. The number of para-hydroxylation sites is 3. The lowest BCUT2D eigenvalue weighted by molar-refractivity contribution is -0.140. The van der Waals surface area contributed by atoms with Crippen LogP contribution in [0.25, 0.3) is 32.0 Å². The zero-order valence-corrected chi connectivity index (χ0v) is 29.5. The Balaban J connectivity index is 1.11. The Morgan fingerprint density at radius 1 is 0.980 bits per heavy atom. The molecule has 2 aliphatic carbocycles. The summed E-state index contributed by atoms with van der Waals surface area (Å²) in [5.41, 5.74) is 7.53. The van der Waals surface area contributed by atoms with E-state index in [0.717, 1.165) is 35.9 Å². The van der Waals surface area contributed by atoms with Crippen molar-refractivity contribution in [2.75, 3.05) is 6.54 Å². The number of carbonyl (C=O) groups excluding carboxylic acids is 3. The summed E-state index contributed by atoms with van der Waals surface area (Å²) in [5, 5.41) is 2.91. The Hall–Kier alpha value is -4.47. The average molecular weight is 730 g/mol. The molecule has 4 heterocycles. The van der Waals surface area contributed by atoms with E-state index in [4.69, 9.17) is 25.4 Å². The molecule has 8 rings (SSSR count). The summed E-state index contributed by atoms with van der Waals surface area (Å²) in [7, 11) is -3.85. The highest BCUT2D eigenvalue weighted by Crippen LogP contribution is 2.46. The topological polar surface area (TPSA) is 187 Å². The smallest absolute Gasteiger partial charge is 0.259 e. The van der Waals surface area contributed by atoms with E-state index >= 15 is 0 Å². The fraction of sp³-hybridized carbons (Fsp3) is 0.444. The number of nitrogens with one attached hydrogen (secondary N) is 2. The highest BCUT2D eigenvalue weighted by molar-refractivity contribution is 7.91. The van der Waals surface area contributed by atoms with Gasteiger partial charge in [0.15, 0.2) is 5.69 Å². The van der Waals surface area contributed by atoms with Crippen LogP contribution in [0.5, 0.6) is 5.88 Å². The van der Waals surface area contributed by atoms with Gasteiger partial charge in [-0.05, 0) is 62.8 Å². The molecule has 51 heavy (non-hydrogen) atoms. The van der Waals surface area contributed by atoms with Crippen molar-refractivity contribution in [2.45, 2.75) is 86.8 Å². The van der Waals surface area contributed by atoms with Crippen molar-refractivity contribution < 1.29 is 27.5 Å². The maximum Gasteiger partial charge on any atom is 0.259 e. The number of nitrogens with two attached hydrogens (primary N) is 1. The van der Waals surface area contributed by atoms with Gasteiger partial charge in [0.25, 0.3) is 5.91 Å². The zero-order chi connectivity index (χ0) is 35.3. The molecule has 4 aliphatic rings. The van der Waals surface area contributed by atoms with Crippen molar-refractivity contribution >= 4 is 60.3 Å². The van der Waals surface area contributed by atoms with Gasteiger partial charge < -0.3 is 20.7 Å². The molecule has 4 N–H and O–H groups in total. The summed E-state index contributed by atoms with van der Waals surface area (Å²) in [5.74, 6) is -1.86. The predicted octanol–water partition coefficient (Wildman–Crippen LogP) is 3.59. The molecule has 0 bridgehead atoms. The van der Waals surface area contributed by atoms with Crippen molar-refractivity contribution in [3.05, 3.63) is 60.7 Å². The van der Waals surface area contributed by atoms with E-state index in [1.54, 1.807) is 0 Å². The summed E-state index contributed by atoms with van der Waals surface area (Å²) >= 11 is 1.46. The number of rotatable bonds is 6. The quantitative estimate of drug-likeness (QED) is 0.248. The van der Waals surface area contributed by atoms with E-state index in [-0.39, 0.29) is 37.1 Å². The Morgan fingerprint density at radius 3 is 2.49 bits per heavy atom. The Bertz CT molecular complexity index is 2140. The molecule has 5 atom stereocenters. The molecule has 2 saturated carbocycles. The van der Waals surface area contributed by atoms with E-state index in [1.165, 1.54) is 16.2 Å². The molecular weight excluding hydrogens is 691 g/mol. The first-order chi connectivity index (χ1) is 24.6. The van der Waals surface area contributed by atoms with Gasteiger partial charge in [-0.1, -0.05) is 49.3 Å². The second-order valence-electron chi connectivity index (χ2n) is 14.0. The molecular formula is C36H39N7O6S2. The second kappa shape index (κ2) is 13.3. The number of hydrogen-bond donors (Lipinski definition) is 3. The number of carbonyl (C=O) groups is 3. The van der Waals surface area contributed by atoms with Crippen LogP contribution in [0.15, 0.2) is 60.7 Å². The number of benzene rings is 2. The van der Waals surface area contributed by atoms with Crippen LogP contribution in [0.3, 0.4) is 0 Å². The monoisotopic (exact) mass is 729 g/mol. The molecule has 0 unspecified atom stereocenters. The zero-order valence-electron chi connectivity index (χ0n) is 27.9. The lowest BCUT2D eigenvalue weighted by atomic mass is 10.1. The van der Waals surface area contributed by atoms with Crippen LogP contribution in [-0.2, 0) is 24.4 Å². The molecule has 2 aromatic carbocycles. The summed E-state index contributed by atoms with van der Waals surface area (Å²) in [6.07, 6.45) is 8.24. The standard InChI is InChI=1S/C36H39N7O6S2/c37-24-11-5-3-1-2-4-10-21-19-36(21,35(46)42-51(47,48)23-16-17-23)41-31(44)28-18-22(20-43(28)34(24)45)49-32-30(38-25-12-6-7-13-26(25)39-32)33-40-27-14-8-9-15-29(27)50-33/h4,6-10,12-15,21-24,28H,1-3,5,11,16-20,37H2,(H,41,44)(H,42,46)/b10-4-/t21-,22+,24-,28-,36+/m0/s1.